The van der Waals surface area contributed by atoms with Crippen LogP contribution in [0, 0.1) is 5.82 Å². The lowest BCUT2D eigenvalue weighted by atomic mass is 10.1. The number of aromatic nitrogens is 2. The van der Waals surface area contributed by atoms with Gasteiger partial charge >= 0.3 is 0 Å². The molecule has 1 atom stereocenters. The van der Waals surface area contributed by atoms with Gasteiger partial charge in [0.15, 0.2) is 0 Å². The SMILES string of the molecule is CS(C)(=O)=Nc1cc(N2CCC2)c2c(Nc3ccc(F)cc3O[C@H]3CCOC3)ncnc2c1. The molecule has 0 unspecified atom stereocenters. The second kappa shape index (κ2) is 8.75. The lowest BCUT2D eigenvalue weighted by Crippen LogP contribution is -2.37. The van der Waals surface area contributed by atoms with E-state index in [1.807, 2.05) is 12.1 Å². The predicted molar refractivity (Wildman–Crippen MR) is 128 cm³/mol. The Morgan fingerprint density at radius 2 is 2.09 bits per heavy atom. The van der Waals surface area contributed by atoms with Gasteiger partial charge in [-0.3, -0.25) is 0 Å². The third kappa shape index (κ3) is 4.86. The van der Waals surface area contributed by atoms with Gasteiger partial charge in [-0.2, -0.15) is 4.36 Å². The summed E-state index contributed by atoms with van der Waals surface area (Å²) in [4.78, 5) is 11.2. The first kappa shape index (κ1) is 21.8. The molecule has 2 saturated heterocycles. The van der Waals surface area contributed by atoms with Crippen molar-refractivity contribution in [1.29, 1.82) is 0 Å². The number of hydrogen-bond acceptors (Lipinski definition) is 8. The molecule has 8 nitrogen and oxygen atoms in total. The highest BCUT2D eigenvalue weighted by molar-refractivity contribution is 7.92. The molecule has 2 fully saturated rings. The molecule has 10 heteroatoms. The summed E-state index contributed by atoms with van der Waals surface area (Å²) in [6.45, 7) is 2.93. The van der Waals surface area contributed by atoms with Gasteiger partial charge in [0.05, 0.1) is 41.2 Å². The summed E-state index contributed by atoms with van der Waals surface area (Å²) >= 11 is 0. The summed E-state index contributed by atoms with van der Waals surface area (Å²) in [5.41, 5.74) is 2.85. The normalized spacial score (nSPS) is 18.3. The highest BCUT2D eigenvalue weighted by Crippen LogP contribution is 2.39. The standard InChI is InChI=1S/C23H26FN5O3S/c1-33(2,30)28-16-11-19-22(20(12-16)29-7-3-8-29)23(26-14-25-19)27-18-5-4-15(24)10-21(18)32-17-6-9-31-13-17/h4-5,10-12,14,17H,3,6-9,13H2,1-2H3,(H,25,26,27)/t17-/m0/s1. The summed E-state index contributed by atoms with van der Waals surface area (Å²) < 4.78 is 42.1. The molecule has 1 N–H and O–H groups in total. The highest BCUT2D eigenvalue weighted by atomic mass is 32.2. The van der Waals surface area contributed by atoms with E-state index in [1.54, 1.807) is 18.6 Å². The van der Waals surface area contributed by atoms with Crippen molar-refractivity contribution in [2.75, 3.05) is 49.0 Å². The van der Waals surface area contributed by atoms with Gasteiger partial charge in [0.2, 0.25) is 0 Å². The van der Waals surface area contributed by atoms with Gasteiger partial charge < -0.3 is 19.7 Å². The minimum absolute atomic E-state index is 0.117. The number of halogens is 1. The molecule has 3 heterocycles. The van der Waals surface area contributed by atoms with E-state index >= 15 is 0 Å². The van der Waals surface area contributed by atoms with Crippen LogP contribution in [0.4, 0.5) is 27.3 Å². The van der Waals surface area contributed by atoms with Gasteiger partial charge in [-0.1, -0.05) is 0 Å². The maximum Gasteiger partial charge on any atom is 0.146 e. The molecule has 0 bridgehead atoms. The van der Waals surface area contributed by atoms with Crippen molar-refractivity contribution in [3.63, 3.8) is 0 Å². The molecule has 0 aliphatic carbocycles. The Labute approximate surface area is 192 Å². The van der Waals surface area contributed by atoms with E-state index in [-0.39, 0.29) is 11.9 Å². The van der Waals surface area contributed by atoms with Gasteiger partial charge in [-0.15, -0.1) is 0 Å². The van der Waals surface area contributed by atoms with Crippen LogP contribution in [0.5, 0.6) is 5.75 Å². The molecule has 33 heavy (non-hydrogen) atoms. The lowest BCUT2D eigenvalue weighted by molar-refractivity contribution is 0.141. The van der Waals surface area contributed by atoms with Crippen molar-refractivity contribution in [1.82, 2.24) is 9.97 Å². The quantitative estimate of drug-likeness (QED) is 0.575. The number of anilines is 3. The first-order chi connectivity index (χ1) is 15.9. The van der Waals surface area contributed by atoms with E-state index < -0.39 is 9.73 Å². The summed E-state index contributed by atoms with van der Waals surface area (Å²) in [7, 11) is -2.32. The van der Waals surface area contributed by atoms with Gasteiger partial charge in [0.1, 0.15) is 29.8 Å². The zero-order chi connectivity index (χ0) is 23.0. The number of benzene rings is 2. The summed E-state index contributed by atoms with van der Waals surface area (Å²) in [6, 6.07) is 8.15. The molecule has 2 aliphatic heterocycles. The molecular weight excluding hydrogens is 445 g/mol. The van der Waals surface area contributed by atoms with Crippen molar-refractivity contribution in [2.24, 2.45) is 4.36 Å². The predicted octanol–water partition coefficient (Wildman–Crippen LogP) is 4.25. The van der Waals surface area contributed by atoms with Crippen molar-refractivity contribution in [3.8, 4) is 5.75 Å². The van der Waals surface area contributed by atoms with E-state index in [0.717, 1.165) is 37.0 Å². The fourth-order valence-electron chi connectivity index (χ4n) is 3.97. The topological polar surface area (TPSA) is 88.9 Å². The molecule has 3 aromatic rings. The average Bonchev–Trinajstić information content (AvgIpc) is 3.20. The molecule has 0 amide bonds. The van der Waals surface area contributed by atoms with Crippen LogP contribution in [-0.2, 0) is 14.5 Å². The molecule has 5 rings (SSSR count). The average molecular weight is 472 g/mol. The van der Waals surface area contributed by atoms with Crippen LogP contribution >= 0.6 is 0 Å². The zero-order valence-electron chi connectivity index (χ0n) is 18.6. The number of nitrogens with zero attached hydrogens (tertiary/aromatic N) is 4. The molecular formula is C23H26FN5O3S. The number of hydrogen-bond donors (Lipinski definition) is 1. The van der Waals surface area contributed by atoms with Gasteiger partial charge in [-0.25, -0.2) is 18.6 Å². The number of nitrogens with one attached hydrogen (secondary N) is 1. The van der Waals surface area contributed by atoms with Crippen LogP contribution in [-0.4, -0.2) is 59.1 Å². The number of rotatable bonds is 6. The summed E-state index contributed by atoms with van der Waals surface area (Å²) in [5, 5.41) is 4.16. The van der Waals surface area contributed by atoms with Crippen molar-refractivity contribution in [2.45, 2.75) is 18.9 Å². The Kier molecular flexibility index (Phi) is 5.79. The van der Waals surface area contributed by atoms with Gasteiger partial charge in [0, 0.05) is 47.8 Å². The van der Waals surface area contributed by atoms with Gasteiger partial charge in [-0.05, 0) is 30.7 Å². The minimum atomic E-state index is -2.32. The van der Waals surface area contributed by atoms with Crippen LogP contribution in [0.1, 0.15) is 12.8 Å². The molecule has 174 valence electrons. The third-order valence-electron chi connectivity index (χ3n) is 5.60. The maximum atomic E-state index is 14.0. The highest BCUT2D eigenvalue weighted by Gasteiger charge is 2.23. The maximum absolute atomic E-state index is 14.0. The molecule has 1 aromatic heterocycles. The molecule has 2 aromatic carbocycles. The molecule has 0 saturated carbocycles. The second-order valence-corrected chi connectivity index (χ2v) is 11.1. The molecule has 0 spiro atoms. The Bertz CT molecular complexity index is 1310. The second-order valence-electron chi connectivity index (χ2n) is 8.56. The Balaban J connectivity index is 1.59. The summed E-state index contributed by atoms with van der Waals surface area (Å²) in [6.07, 6.45) is 6.43. The van der Waals surface area contributed by atoms with Crippen LogP contribution in [0.2, 0.25) is 0 Å². The van der Waals surface area contributed by atoms with Crippen molar-refractivity contribution in [3.05, 3.63) is 42.5 Å². The minimum Gasteiger partial charge on any atom is -0.486 e. The largest absolute Gasteiger partial charge is 0.486 e. The van der Waals surface area contributed by atoms with E-state index in [1.165, 1.54) is 18.5 Å². The van der Waals surface area contributed by atoms with Crippen LogP contribution < -0.4 is 15.0 Å². The molecule has 2 aliphatic rings. The summed E-state index contributed by atoms with van der Waals surface area (Å²) in [5.74, 6) is 0.615. The first-order valence-electron chi connectivity index (χ1n) is 10.9. The van der Waals surface area contributed by atoms with Crippen molar-refractivity contribution < 1.29 is 18.1 Å². The zero-order valence-corrected chi connectivity index (χ0v) is 19.4. The monoisotopic (exact) mass is 471 g/mol. The Hall–Kier alpha value is -2.98. The van der Waals surface area contributed by atoms with Crippen LogP contribution in [0.15, 0.2) is 41.0 Å². The fourth-order valence-corrected chi connectivity index (χ4v) is 4.59. The van der Waals surface area contributed by atoms with Crippen LogP contribution in [0.3, 0.4) is 0 Å². The fraction of sp³-hybridized carbons (Fsp3) is 0.391. The first-order valence-corrected chi connectivity index (χ1v) is 13.2. The Morgan fingerprint density at radius 3 is 2.79 bits per heavy atom. The van der Waals surface area contributed by atoms with E-state index in [0.29, 0.717) is 41.7 Å². The smallest absolute Gasteiger partial charge is 0.146 e. The van der Waals surface area contributed by atoms with Gasteiger partial charge in [0.25, 0.3) is 0 Å². The van der Waals surface area contributed by atoms with E-state index in [4.69, 9.17) is 9.47 Å². The third-order valence-corrected chi connectivity index (χ3v) is 6.25. The van der Waals surface area contributed by atoms with E-state index in [9.17, 15) is 8.60 Å². The molecule has 0 radical (unpaired) electrons. The Morgan fingerprint density at radius 1 is 1.24 bits per heavy atom. The van der Waals surface area contributed by atoms with E-state index in [2.05, 4.69) is 24.5 Å². The van der Waals surface area contributed by atoms with Crippen LogP contribution in [0.25, 0.3) is 10.9 Å². The lowest BCUT2D eigenvalue weighted by Gasteiger charge is -2.34. The van der Waals surface area contributed by atoms with Crippen molar-refractivity contribution >= 4 is 43.5 Å². The number of fused-ring (bicyclic) bond motifs is 1. The number of ether oxygens (including phenoxy) is 2.